The summed E-state index contributed by atoms with van der Waals surface area (Å²) >= 11 is 0. The van der Waals surface area contributed by atoms with Crippen LogP contribution in [0.25, 0.3) is 6.08 Å². The molecule has 4 nitrogen and oxygen atoms in total. The number of likely N-dealkylation sites (N-methyl/N-ethyl adjacent to an activating group) is 1. The van der Waals surface area contributed by atoms with E-state index in [2.05, 4.69) is 37.9 Å². The lowest BCUT2D eigenvalue weighted by atomic mass is 9.80. The number of rotatable bonds is 1. The molecule has 1 unspecified atom stereocenters. The third-order valence-electron chi connectivity index (χ3n) is 4.44. The molecule has 1 aromatic heterocycles. The largest absolute Gasteiger partial charge is 0.459 e. The fourth-order valence-corrected chi connectivity index (χ4v) is 3.40. The number of hydrogen-bond donors (Lipinski definition) is 0. The van der Waals surface area contributed by atoms with E-state index in [1.165, 1.54) is 17.2 Å². The van der Waals surface area contributed by atoms with E-state index in [-0.39, 0.29) is 17.0 Å². The van der Waals surface area contributed by atoms with E-state index < -0.39 is 0 Å². The Morgan fingerprint density at radius 3 is 2.68 bits per heavy atom. The number of nitriles is 2. The zero-order chi connectivity index (χ0) is 16.1. The average Bonchev–Trinajstić information content (AvgIpc) is 2.95. The highest BCUT2D eigenvalue weighted by atomic mass is 16.3. The molecular formula is C18H17N3O. The van der Waals surface area contributed by atoms with Gasteiger partial charge < -0.3 is 9.32 Å². The van der Waals surface area contributed by atoms with E-state index in [1.807, 2.05) is 25.3 Å². The first-order valence-corrected chi connectivity index (χ1v) is 7.17. The van der Waals surface area contributed by atoms with Crippen LogP contribution in [-0.4, -0.2) is 11.9 Å². The Morgan fingerprint density at radius 1 is 1.36 bits per heavy atom. The van der Waals surface area contributed by atoms with Gasteiger partial charge in [0.2, 0.25) is 0 Å². The summed E-state index contributed by atoms with van der Waals surface area (Å²) in [6.07, 6.45) is 5.83. The topological polar surface area (TPSA) is 64.0 Å². The Morgan fingerprint density at radius 2 is 2.05 bits per heavy atom. The Labute approximate surface area is 130 Å². The number of nitrogens with zero attached hydrogens (tertiary/aromatic N) is 3. The van der Waals surface area contributed by atoms with Crippen LogP contribution in [-0.2, 0) is 5.41 Å². The zero-order valence-corrected chi connectivity index (χ0v) is 13.1. The molecule has 3 rings (SSSR count). The molecule has 0 amide bonds. The summed E-state index contributed by atoms with van der Waals surface area (Å²) in [4.78, 5) is 2.16. The highest BCUT2D eigenvalue weighted by Gasteiger charge is 2.47. The van der Waals surface area contributed by atoms with Crippen LogP contribution in [0.4, 0.5) is 0 Å². The van der Waals surface area contributed by atoms with Gasteiger partial charge in [0, 0.05) is 30.3 Å². The molecule has 0 saturated heterocycles. The van der Waals surface area contributed by atoms with Crippen molar-refractivity contribution in [2.24, 2.45) is 0 Å². The maximum atomic E-state index is 8.89. The molecule has 1 aliphatic heterocycles. The third-order valence-corrected chi connectivity index (χ3v) is 4.44. The first kappa shape index (κ1) is 14.2. The monoisotopic (exact) mass is 291 g/mol. The summed E-state index contributed by atoms with van der Waals surface area (Å²) in [5, 5.41) is 17.8. The lowest BCUT2D eigenvalue weighted by molar-refractivity contribution is 0.315. The van der Waals surface area contributed by atoms with E-state index in [4.69, 9.17) is 14.9 Å². The standard InChI is InChI=1S/C18H17N3O/c1-11-5-14-16(21(4)10-11)17-15(18(14,2)3)7-13(22-17)6-12(8-19)9-20/h5-7,10,16H,1-4H3. The van der Waals surface area contributed by atoms with Gasteiger partial charge in [-0.2, -0.15) is 10.5 Å². The number of hydrogen-bond acceptors (Lipinski definition) is 4. The smallest absolute Gasteiger partial charge is 0.135 e. The van der Waals surface area contributed by atoms with Crippen molar-refractivity contribution < 1.29 is 4.42 Å². The van der Waals surface area contributed by atoms with Crippen molar-refractivity contribution in [1.29, 1.82) is 10.5 Å². The molecule has 0 spiro atoms. The maximum Gasteiger partial charge on any atom is 0.135 e. The second-order valence-corrected chi connectivity index (χ2v) is 6.37. The summed E-state index contributed by atoms with van der Waals surface area (Å²) in [6, 6.07) is 5.77. The van der Waals surface area contributed by atoms with Crippen LogP contribution in [0, 0.1) is 22.7 Å². The van der Waals surface area contributed by atoms with Gasteiger partial charge in [-0.15, -0.1) is 0 Å². The molecule has 2 heterocycles. The molecule has 22 heavy (non-hydrogen) atoms. The van der Waals surface area contributed by atoms with Crippen LogP contribution in [0.3, 0.4) is 0 Å². The van der Waals surface area contributed by atoms with Gasteiger partial charge in [0.05, 0.1) is 0 Å². The van der Waals surface area contributed by atoms with E-state index in [9.17, 15) is 0 Å². The molecule has 1 aliphatic carbocycles. The molecule has 0 aromatic carbocycles. The highest BCUT2D eigenvalue weighted by molar-refractivity contribution is 5.63. The normalized spacial score (nSPS) is 21.0. The molecule has 0 N–H and O–H groups in total. The van der Waals surface area contributed by atoms with Gasteiger partial charge >= 0.3 is 0 Å². The third kappa shape index (κ3) is 1.89. The Kier molecular flexibility index (Phi) is 3.00. The summed E-state index contributed by atoms with van der Waals surface area (Å²) in [5.41, 5.74) is 3.59. The van der Waals surface area contributed by atoms with E-state index in [1.54, 1.807) is 0 Å². The summed E-state index contributed by atoms with van der Waals surface area (Å²) in [7, 11) is 2.04. The predicted octanol–water partition coefficient (Wildman–Crippen LogP) is 3.82. The second kappa shape index (κ2) is 4.64. The fourth-order valence-electron chi connectivity index (χ4n) is 3.40. The van der Waals surface area contributed by atoms with Gasteiger partial charge in [0.1, 0.15) is 35.3 Å². The molecule has 1 aromatic rings. The van der Waals surface area contributed by atoms with Gasteiger partial charge in [-0.3, -0.25) is 0 Å². The maximum absolute atomic E-state index is 8.89. The van der Waals surface area contributed by atoms with Crippen LogP contribution in [0.2, 0.25) is 0 Å². The molecule has 0 bridgehead atoms. The van der Waals surface area contributed by atoms with Gasteiger partial charge in [0.25, 0.3) is 0 Å². The summed E-state index contributed by atoms with van der Waals surface area (Å²) in [6.45, 7) is 6.46. The van der Waals surface area contributed by atoms with Gasteiger partial charge in [0.15, 0.2) is 0 Å². The van der Waals surface area contributed by atoms with Crippen LogP contribution >= 0.6 is 0 Å². The molecule has 110 valence electrons. The van der Waals surface area contributed by atoms with Crippen molar-refractivity contribution in [3.8, 4) is 12.1 Å². The van der Waals surface area contributed by atoms with Crippen molar-refractivity contribution >= 4 is 6.08 Å². The predicted molar refractivity (Wildman–Crippen MR) is 83.3 cm³/mol. The van der Waals surface area contributed by atoms with Crippen LogP contribution in [0.15, 0.2) is 39.5 Å². The SMILES string of the molecule is CC1=CN(C)C2C(=C1)C(C)(C)c1cc(C=C(C#N)C#N)oc12. The molecule has 0 fully saturated rings. The Hall–Kier alpha value is -2.72. The van der Waals surface area contributed by atoms with Crippen LogP contribution < -0.4 is 0 Å². The van der Waals surface area contributed by atoms with E-state index in [0.717, 1.165) is 11.3 Å². The van der Waals surface area contributed by atoms with Crippen molar-refractivity contribution in [1.82, 2.24) is 4.90 Å². The van der Waals surface area contributed by atoms with E-state index >= 15 is 0 Å². The molecule has 0 saturated carbocycles. The molecule has 1 atom stereocenters. The van der Waals surface area contributed by atoms with Crippen molar-refractivity contribution in [3.63, 3.8) is 0 Å². The highest BCUT2D eigenvalue weighted by Crippen LogP contribution is 2.54. The number of fused-ring (bicyclic) bond motifs is 3. The molecule has 4 heteroatoms. The molecule has 2 aliphatic rings. The number of furan rings is 1. The Bertz CT molecular complexity index is 805. The van der Waals surface area contributed by atoms with Crippen molar-refractivity contribution in [3.05, 3.63) is 52.1 Å². The van der Waals surface area contributed by atoms with Crippen LogP contribution in [0.1, 0.15) is 43.9 Å². The Balaban J connectivity index is 2.13. The summed E-state index contributed by atoms with van der Waals surface area (Å²) in [5.74, 6) is 1.47. The quantitative estimate of drug-likeness (QED) is 0.738. The minimum atomic E-state index is -0.126. The van der Waals surface area contributed by atoms with Crippen LogP contribution in [0.5, 0.6) is 0 Å². The van der Waals surface area contributed by atoms with Crippen molar-refractivity contribution in [2.45, 2.75) is 32.2 Å². The summed E-state index contributed by atoms with van der Waals surface area (Å²) < 4.78 is 5.98. The lowest BCUT2D eigenvalue weighted by Gasteiger charge is -2.32. The number of allylic oxidation sites excluding steroid dienone is 3. The lowest BCUT2D eigenvalue weighted by Crippen LogP contribution is -2.26. The van der Waals surface area contributed by atoms with E-state index in [0.29, 0.717) is 5.76 Å². The van der Waals surface area contributed by atoms with Gasteiger partial charge in [-0.05, 0) is 24.1 Å². The van der Waals surface area contributed by atoms with Gasteiger partial charge in [-0.1, -0.05) is 19.9 Å². The first-order valence-electron chi connectivity index (χ1n) is 7.17. The fraction of sp³-hybridized carbons (Fsp3) is 0.333. The molecule has 0 radical (unpaired) electrons. The minimum absolute atomic E-state index is 0.0498. The van der Waals surface area contributed by atoms with Crippen molar-refractivity contribution in [2.75, 3.05) is 7.05 Å². The van der Waals surface area contributed by atoms with Gasteiger partial charge in [-0.25, -0.2) is 0 Å². The average molecular weight is 291 g/mol. The second-order valence-electron chi connectivity index (χ2n) is 6.37. The molecular weight excluding hydrogens is 274 g/mol. The zero-order valence-electron chi connectivity index (χ0n) is 13.1. The minimum Gasteiger partial charge on any atom is -0.459 e. The first-order chi connectivity index (χ1) is 10.4.